The fourth-order valence-electron chi connectivity index (χ4n) is 0.978. The molecule has 0 aromatic carbocycles. The number of amides is 2. The van der Waals surface area contributed by atoms with Gasteiger partial charge >= 0.3 is 17.8 Å². The second-order valence-electron chi connectivity index (χ2n) is 4.81. The molecule has 0 rings (SSSR count). The zero-order valence-electron chi connectivity index (χ0n) is 11.3. The first-order valence-electron chi connectivity index (χ1n) is 5.56. The summed E-state index contributed by atoms with van der Waals surface area (Å²) in [4.78, 5) is 43.7. The molecule has 0 aromatic rings. The van der Waals surface area contributed by atoms with E-state index in [2.05, 4.69) is 5.32 Å². The van der Waals surface area contributed by atoms with Crippen LogP contribution in [0, 0.1) is 0 Å². The standard InChI is InChI=1S/C11H18N2O6/c1-6(10(18)19-11(2,3)4)13-7(14)5-12-8(15)9(16)17/h6H,5H2,1-4H3,(H,12,15)(H,13,14)(H,16,17)/t6-/m0/s1. The quantitative estimate of drug-likeness (QED) is 0.448. The van der Waals surface area contributed by atoms with Gasteiger partial charge in [0, 0.05) is 0 Å². The van der Waals surface area contributed by atoms with Crippen molar-refractivity contribution >= 4 is 23.8 Å². The highest BCUT2D eigenvalue weighted by Gasteiger charge is 2.23. The normalized spacial score (nSPS) is 12.2. The Balaban J connectivity index is 4.16. The highest BCUT2D eigenvalue weighted by Crippen LogP contribution is 2.08. The molecule has 0 aromatic heterocycles. The van der Waals surface area contributed by atoms with E-state index in [-0.39, 0.29) is 0 Å². The molecule has 0 bridgehead atoms. The fourth-order valence-corrected chi connectivity index (χ4v) is 0.978. The maximum atomic E-state index is 11.5. The molecule has 0 unspecified atom stereocenters. The van der Waals surface area contributed by atoms with Crippen molar-refractivity contribution in [2.75, 3.05) is 6.54 Å². The fraction of sp³-hybridized carbons (Fsp3) is 0.636. The van der Waals surface area contributed by atoms with Crippen molar-refractivity contribution in [2.24, 2.45) is 0 Å². The first-order valence-corrected chi connectivity index (χ1v) is 5.56. The van der Waals surface area contributed by atoms with Crippen LogP contribution >= 0.6 is 0 Å². The van der Waals surface area contributed by atoms with E-state index in [1.54, 1.807) is 20.8 Å². The molecule has 0 aliphatic heterocycles. The molecular formula is C11H18N2O6. The molecule has 0 saturated carbocycles. The lowest BCUT2D eigenvalue weighted by atomic mass is 10.2. The molecule has 2 amide bonds. The summed E-state index contributed by atoms with van der Waals surface area (Å²) in [5.74, 6) is -4.29. The van der Waals surface area contributed by atoms with Gasteiger partial charge < -0.3 is 20.5 Å². The number of nitrogens with one attached hydrogen (secondary N) is 2. The number of hydrogen-bond acceptors (Lipinski definition) is 5. The van der Waals surface area contributed by atoms with Crippen LogP contribution in [-0.4, -0.2) is 47.0 Å². The molecule has 0 aliphatic rings. The van der Waals surface area contributed by atoms with Crippen molar-refractivity contribution in [3.05, 3.63) is 0 Å². The van der Waals surface area contributed by atoms with Gasteiger partial charge in [0.2, 0.25) is 5.91 Å². The van der Waals surface area contributed by atoms with Crippen molar-refractivity contribution in [1.29, 1.82) is 0 Å². The molecule has 0 heterocycles. The highest BCUT2D eigenvalue weighted by molar-refractivity contribution is 6.31. The molecule has 0 radical (unpaired) electrons. The molecular weight excluding hydrogens is 256 g/mol. The minimum absolute atomic E-state index is 0.529. The number of hydrogen-bond donors (Lipinski definition) is 3. The Morgan fingerprint density at radius 3 is 2.16 bits per heavy atom. The van der Waals surface area contributed by atoms with Crippen LogP contribution in [0.15, 0.2) is 0 Å². The Morgan fingerprint density at radius 2 is 1.74 bits per heavy atom. The van der Waals surface area contributed by atoms with Gasteiger partial charge in [-0.15, -0.1) is 0 Å². The summed E-state index contributed by atoms with van der Waals surface area (Å²) in [5.41, 5.74) is -0.673. The molecule has 0 saturated heterocycles. The third-order valence-electron chi connectivity index (χ3n) is 1.74. The minimum atomic E-state index is -1.69. The number of rotatable bonds is 4. The Bertz CT molecular complexity index is 385. The van der Waals surface area contributed by atoms with E-state index in [0.717, 1.165) is 0 Å². The number of carboxylic acids is 1. The van der Waals surface area contributed by atoms with Gasteiger partial charge in [-0.25, -0.2) is 9.59 Å². The summed E-state index contributed by atoms with van der Waals surface area (Å²) in [6.07, 6.45) is 0. The van der Waals surface area contributed by atoms with Gasteiger partial charge in [0.25, 0.3) is 0 Å². The molecule has 1 atom stereocenters. The Hall–Kier alpha value is -2.12. The molecule has 3 N–H and O–H groups in total. The first kappa shape index (κ1) is 16.9. The van der Waals surface area contributed by atoms with Crippen LogP contribution in [0.4, 0.5) is 0 Å². The monoisotopic (exact) mass is 274 g/mol. The van der Waals surface area contributed by atoms with Crippen molar-refractivity contribution < 1.29 is 29.0 Å². The summed E-state index contributed by atoms with van der Waals surface area (Å²) < 4.78 is 5.03. The highest BCUT2D eigenvalue weighted by atomic mass is 16.6. The van der Waals surface area contributed by atoms with E-state index >= 15 is 0 Å². The van der Waals surface area contributed by atoms with Crippen LogP contribution in [0.25, 0.3) is 0 Å². The Morgan fingerprint density at radius 1 is 1.21 bits per heavy atom. The number of carbonyl (C=O) groups excluding carboxylic acids is 3. The number of carbonyl (C=O) groups is 4. The average molecular weight is 274 g/mol. The van der Waals surface area contributed by atoms with Crippen LogP contribution in [-0.2, 0) is 23.9 Å². The molecule has 108 valence electrons. The van der Waals surface area contributed by atoms with Gasteiger partial charge in [-0.05, 0) is 27.7 Å². The maximum Gasteiger partial charge on any atom is 0.394 e. The van der Waals surface area contributed by atoms with E-state index in [1.807, 2.05) is 5.32 Å². The third-order valence-corrected chi connectivity index (χ3v) is 1.74. The SMILES string of the molecule is C[C@H](NC(=O)CNC(=O)C(=O)O)C(=O)OC(C)(C)C. The second kappa shape index (κ2) is 6.72. The van der Waals surface area contributed by atoms with E-state index in [4.69, 9.17) is 9.84 Å². The number of esters is 1. The average Bonchev–Trinajstić information content (AvgIpc) is 2.23. The molecule has 19 heavy (non-hydrogen) atoms. The Kier molecular flexibility index (Phi) is 5.97. The van der Waals surface area contributed by atoms with Gasteiger partial charge in [-0.3, -0.25) is 9.59 Å². The van der Waals surface area contributed by atoms with Crippen LogP contribution < -0.4 is 10.6 Å². The number of carboxylic acid groups (broad SMARTS) is 1. The lowest BCUT2D eigenvalue weighted by molar-refractivity contribution is -0.158. The van der Waals surface area contributed by atoms with Gasteiger partial charge in [0.05, 0.1) is 6.54 Å². The van der Waals surface area contributed by atoms with Crippen LogP contribution in [0.1, 0.15) is 27.7 Å². The van der Waals surface area contributed by atoms with Gasteiger partial charge in [-0.2, -0.15) is 0 Å². The zero-order chi connectivity index (χ0) is 15.2. The summed E-state index contributed by atoms with van der Waals surface area (Å²) in [7, 11) is 0. The predicted octanol–water partition coefficient (Wildman–Crippen LogP) is -0.966. The predicted molar refractivity (Wildman–Crippen MR) is 64.1 cm³/mol. The summed E-state index contributed by atoms with van der Waals surface area (Å²) in [6.45, 7) is 5.95. The first-order chi connectivity index (χ1) is 8.53. The zero-order valence-corrected chi connectivity index (χ0v) is 11.3. The topological polar surface area (TPSA) is 122 Å². The number of ether oxygens (including phenoxy) is 1. The molecule has 0 spiro atoms. The van der Waals surface area contributed by atoms with Crippen LogP contribution in [0.2, 0.25) is 0 Å². The van der Waals surface area contributed by atoms with Crippen LogP contribution in [0.5, 0.6) is 0 Å². The molecule has 8 nitrogen and oxygen atoms in total. The van der Waals surface area contributed by atoms with Crippen molar-refractivity contribution in [3.63, 3.8) is 0 Å². The van der Waals surface area contributed by atoms with E-state index < -0.39 is 41.9 Å². The van der Waals surface area contributed by atoms with E-state index in [0.29, 0.717) is 0 Å². The number of aliphatic carboxylic acids is 1. The molecule has 8 heteroatoms. The largest absolute Gasteiger partial charge is 0.474 e. The molecule has 0 aliphatic carbocycles. The molecule has 0 fully saturated rings. The van der Waals surface area contributed by atoms with Gasteiger partial charge in [-0.1, -0.05) is 0 Å². The van der Waals surface area contributed by atoms with E-state index in [1.165, 1.54) is 6.92 Å². The summed E-state index contributed by atoms with van der Waals surface area (Å²) in [5, 5.41) is 12.4. The second-order valence-corrected chi connectivity index (χ2v) is 4.81. The third kappa shape index (κ3) is 7.74. The van der Waals surface area contributed by atoms with Crippen molar-refractivity contribution in [1.82, 2.24) is 10.6 Å². The van der Waals surface area contributed by atoms with E-state index in [9.17, 15) is 19.2 Å². The lowest BCUT2D eigenvalue weighted by Crippen LogP contribution is -2.46. The van der Waals surface area contributed by atoms with Gasteiger partial charge in [0.15, 0.2) is 0 Å². The smallest absolute Gasteiger partial charge is 0.394 e. The van der Waals surface area contributed by atoms with Crippen molar-refractivity contribution in [3.8, 4) is 0 Å². The minimum Gasteiger partial charge on any atom is -0.474 e. The van der Waals surface area contributed by atoms with Crippen molar-refractivity contribution in [2.45, 2.75) is 39.3 Å². The summed E-state index contributed by atoms with van der Waals surface area (Å²) >= 11 is 0. The lowest BCUT2D eigenvalue weighted by Gasteiger charge is -2.22. The van der Waals surface area contributed by atoms with Crippen LogP contribution in [0.3, 0.4) is 0 Å². The maximum absolute atomic E-state index is 11.5. The van der Waals surface area contributed by atoms with Gasteiger partial charge in [0.1, 0.15) is 11.6 Å². The summed E-state index contributed by atoms with van der Waals surface area (Å²) in [6, 6.07) is -0.895. The Labute approximate surface area is 110 Å².